The van der Waals surface area contributed by atoms with Crippen LogP contribution in [0.4, 0.5) is 0 Å². The molecule has 1 aromatic rings. The van der Waals surface area contributed by atoms with E-state index in [9.17, 15) is 20.1 Å². The number of methoxy groups -OCH3 is 1. The van der Waals surface area contributed by atoms with Gasteiger partial charge in [0.05, 0.1) is 13.2 Å². The van der Waals surface area contributed by atoms with E-state index >= 15 is 0 Å². The van der Waals surface area contributed by atoms with Gasteiger partial charge in [0, 0.05) is 18.2 Å². The van der Waals surface area contributed by atoms with Crippen molar-refractivity contribution >= 4 is 12.0 Å². The van der Waals surface area contributed by atoms with Crippen LogP contribution >= 0.6 is 0 Å². The first-order valence-corrected chi connectivity index (χ1v) is 5.78. The molecule has 0 fully saturated rings. The molecule has 0 saturated carbocycles. The lowest BCUT2D eigenvalue weighted by atomic mass is 9.99. The minimum atomic E-state index is -1.41. The molecule has 0 aliphatic rings. The van der Waals surface area contributed by atoms with Crippen molar-refractivity contribution in [1.29, 1.82) is 0 Å². The molecule has 0 amide bonds. The van der Waals surface area contributed by atoms with Gasteiger partial charge in [0.15, 0.2) is 11.5 Å². The van der Waals surface area contributed by atoms with Gasteiger partial charge in [-0.15, -0.1) is 0 Å². The summed E-state index contributed by atoms with van der Waals surface area (Å²) in [5.74, 6) is -1.42. The number of carboxylic acids is 1. The first kappa shape index (κ1) is 16.0. The maximum Gasteiger partial charge on any atom is 0.328 e. The number of ether oxygens (including phenoxy) is 1. The highest BCUT2D eigenvalue weighted by atomic mass is 16.5. The van der Waals surface area contributed by atoms with Crippen LogP contribution in [0.15, 0.2) is 18.2 Å². The molecule has 2 atom stereocenters. The van der Waals surface area contributed by atoms with E-state index in [1.807, 2.05) is 0 Å². The molecular formula is C13H17NO6. The van der Waals surface area contributed by atoms with Gasteiger partial charge in [0.2, 0.25) is 0 Å². The van der Waals surface area contributed by atoms with Gasteiger partial charge in [-0.3, -0.25) is 0 Å². The Hall–Kier alpha value is -2.09. The molecule has 0 bridgehead atoms. The molecule has 2 unspecified atom stereocenters. The van der Waals surface area contributed by atoms with Crippen molar-refractivity contribution in [2.75, 3.05) is 13.7 Å². The maximum atomic E-state index is 10.5. The SMILES string of the molecule is COc1cc(C=CC(=O)O)cc(C(O)C(O)CN)c1O. The predicted molar refractivity (Wildman–Crippen MR) is 71.3 cm³/mol. The smallest absolute Gasteiger partial charge is 0.328 e. The Morgan fingerprint density at radius 1 is 1.45 bits per heavy atom. The monoisotopic (exact) mass is 283 g/mol. The standard InChI is InChI=1S/C13H17NO6/c1-20-10-5-7(2-3-11(16)17)4-8(13(10)19)12(18)9(15)6-14/h2-5,9,12,15,18-19H,6,14H2,1H3,(H,16,17). The minimum absolute atomic E-state index is 0.00680. The number of carbonyl (C=O) groups is 1. The molecule has 0 heterocycles. The number of aliphatic hydroxyl groups is 2. The highest BCUT2D eigenvalue weighted by Gasteiger charge is 2.22. The lowest BCUT2D eigenvalue weighted by Gasteiger charge is -2.19. The number of aliphatic hydroxyl groups excluding tert-OH is 2. The maximum absolute atomic E-state index is 10.5. The molecule has 0 spiro atoms. The highest BCUT2D eigenvalue weighted by molar-refractivity contribution is 5.85. The Kier molecular flexibility index (Phi) is 5.51. The summed E-state index contributed by atoms with van der Waals surface area (Å²) < 4.78 is 4.94. The van der Waals surface area contributed by atoms with E-state index in [1.54, 1.807) is 0 Å². The van der Waals surface area contributed by atoms with Crippen LogP contribution < -0.4 is 10.5 Å². The first-order valence-electron chi connectivity index (χ1n) is 5.78. The van der Waals surface area contributed by atoms with Crippen LogP contribution in [0.5, 0.6) is 11.5 Å². The Morgan fingerprint density at radius 3 is 2.60 bits per heavy atom. The number of nitrogens with two attached hydrogens (primary N) is 1. The van der Waals surface area contributed by atoms with E-state index in [2.05, 4.69) is 0 Å². The lowest BCUT2D eigenvalue weighted by molar-refractivity contribution is -0.131. The summed E-state index contributed by atoms with van der Waals surface area (Å²) in [4.78, 5) is 10.5. The lowest BCUT2D eigenvalue weighted by Crippen LogP contribution is -2.27. The fourth-order valence-corrected chi connectivity index (χ4v) is 1.63. The van der Waals surface area contributed by atoms with Crippen molar-refractivity contribution < 1.29 is 30.0 Å². The third-order valence-electron chi connectivity index (χ3n) is 2.69. The largest absolute Gasteiger partial charge is 0.504 e. The van der Waals surface area contributed by atoms with Crippen molar-refractivity contribution in [3.63, 3.8) is 0 Å². The molecule has 1 aromatic carbocycles. The number of carboxylic acid groups (broad SMARTS) is 1. The van der Waals surface area contributed by atoms with Crippen LogP contribution in [0.3, 0.4) is 0 Å². The number of aliphatic carboxylic acids is 1. The van der Waals surface area contributed by atoms with Crippen molar-refractivity contribution in [2.24, 2.45) is 5.73 Å². The van der Waals surface area contributed by atoms with E-state index in [1.165, 1.54) is 25.3 Å². The molecule has 0 aliphatic carbocycles. The van der Waals surface area contributed by atoms with Gasteiger partial charge in [0.1, 0.15) is 6.10 Å². The normalized spacial score (nSPS) is 14.2. The number of aromatic hydroxyl groups is 1. The van der Waals surface area contributed by atoms with Gasteiger partial charge in [-0.05, 0) is 23.8 Å². The van der Waals surface area contributed by atoms with E-state index in [0.717, 1.165) is 6.08 Å². The minimum Gasteiger partial charge on any atom is -0.504 e. The van der Waals surface area contributed by atoms with Gasteiger partial charge in [-0.1, -0.05) is 0 Å². The van der Waals surface area contributed by atoms with E-state index in [0.29, 0.717) is 5.56 Å². The molecule has 0 radical (unpaired) electrons. The second kappa shape index (κ2) is 6.90. The van der Waals surface area contributed by atoms with E-state index in [4.69, 9.17) is 15.6 Å². The number of phenolic OH excluding ortho intramolecular Hbond substituents is 1. The van der Waals surface area contributed by atoms with Crippen LogP contribution in [0.1, 0.15) is 17.2 Å². The summed E-state index contributed by atoms with van der Waals surface area (Å²) in [5, 5.41) is 38.0. The second-order valence-corrected chi connectivity index (χ2v) is 4.08. The van der Waals surface area contributed by atoms with Gasteiger partial charge in [-0.2, -0.15) is 0 Å². The van der Waals surface area contributed by atoms with Gasteiger partial charge in [-0.25, -0.2) is 4.79 Å². The third-order valence-corrected chi connectivity index (χ3v) is 2.69. The van der Waals surface area contributed by atoms with E-state index < -0.39 is 18.2 Å². The highest BCUT2D eigenvalue weighted by Crippen LogP contribution is 2.36. The summed E-state index contributed by atoms with van der Waals surface area (Å²) in [6, 6.07) is 2.75. The van der Waals surface area contributed by atoms with Gasteiger partial charge < -0.3 is 30.9 Å². The first-order chi connectivity index (χ1) is 9.40. The third kappa shape index (κ3) is 3.70. The van der Waals surface area contributed by atoms with Crippen molar-refractivity contribution in [2.45, 2.75) is 12.2 Å². The summed E-state index contributed by atoms with van der Waals surface area (Å²) in [5.41, 5.74) is 5.65. The van der Waals surface area contributed by atoms with Crippen molar-refractivity contribution in [3.8, 4) is 11.5 Å². The Labute approximate surface area is 115 Å². The number of hydrogen-bond donors (Lipinski definition) is 5. The summed E-state index contributed by atoms with van der Waals surface area (Å²) in [7, 11) is 1.31. The number of hydrogen-bond acceptors (Lipinski definition) is 6. The summed E-state index contributed by atoms with van der Waals surface area (Å²) in [6.45, 7) is -0.196. The molecule has 7 heteroatoms. The average molecular weight is 283 g/mol. The zero-order valence-electron chi connectivity index (χ0n) is 10.9. The Balaban J connectivity index is 3.28. The van der Waals surface area contributed by atoms with Crippen LogP contribution in [0, 0.1) is 0 Å². The molecule has 0 aromatic heterocycles. The zero-order valence-corrected chi connectivity index (χ0v) is 10.9. The van der Waals surface area contributed by atoms with Crippen LogP contribution in [-0.4, -0.2) is 46.2 Å². The van der Waals surface area contributed by atoms with Crippen molar-refractivity contribution in [3.05, 3.63) is 29.3 Å². The van der Waals surface area contributed by atoms with Gasteiger partial charge in [0.25, 0.3) is 0 Å². The van der Waals surface area contributed by atoms with Crippen LogP contribution in [0.25, 0.3) is 6.08 Å². The molecule has 20 heavy (non-hydrogen) atoms. The number of rotatable bonds is 6. The second-order valence-electron chi connectivity index (χ2n) is 4.08. The quantitative estimate of drug-likeness (QED) is 0.458. The molecule has 0 saturated heterocycles. The molecule has 0 aliphatic heterocycles. The number of benzene rings is 1. The van der Waals surface area contributed by atoms with E-state index in [-0.39, 0.29) is 23.6 Å². The topological polar surface area (TPSA) is 133 Å². The van der Waals surface area contributed by atoms with Gasteiger partial charge >= 0.3 is 5.97 Å². The van der Waals surface area contributed by atoms with Crippen molar-refractivity contribution in [1.82, 2.24) is 0 Å². The fraction of sp³-hybridized carbons (Fsp3) is 0.308. The summed E-state index contributed by atoms with van der Waals surface area (Å²) >= 11 is 0. The zero-order chi connectivity index (χ0) is 15.3. The predicted octanol–water partition coefficient (Wildman–Crippen LogP) is -0.148. The van der Waals surface area contributed by atoms with Crippen LogP contribution in [0.2, 0.25) is 0 Å². The summed E-state index contributed by atoms with van der Waals surface area (Å²) in [6.07, 6.45) is -0.493. The number of phenols is 1. The molecule has 7 nitrogen and oxygen atoms in total. The Morgan fingerprint density at radius 2 is 2.10 bits per heavy atom. The molecular weight excluding hydrogens is 266 g/mol. The molecule has 6 N–H and O–H groups in total. The molecule has 1 rings (SSSR count). The van der Waals surface area contributed by atoms with Crippen LogP contribution in [-0.2, 0) is 4.79 Å². The Bertz CT molecular complexity index is 514. The average Bonchev–Trinajstić information content (AvgIpc) is 2.44. The molecule has 110 valence electrons. The fourth-order valence-electron chi connectivity index (χ4n) is 1.63.